The smallest absolute Gasteiger partial charge is 0.104 e. The van der Waals surface area contributed by atoms with Crippen molar-refractivity contribution in [3.05, 3.63) is 0 Å². The molecule has 1 fully saturated rings. The summed E-state index contributed by atoms with van der Waals surface area (Å²) < 4.78 is 0. The molecule has 0 aromatic heterocycles. The van der Waals surface area contributed by atoms with Gasteiger partial charge in [0.2, 0.25) is 0 Å². The van der Waals surface area contributed by atoms with Gasteiger partial charge in [0.15, 0.2) is 0 Å². The van der Waals surface area contributed by atoms with E-state index in [2.05, 4.69) is 26.8 Å². The molecule has 74 valence electrons. The Bertz CT molecular complexity index is 211. The SMILES string of the molecule is CC(C)(C)[C@H]1CC[C@](N)(C#N)CC1. The minimum atomic E-state index is -0.526. The first-order valence-electron chi connectivity index (χ1n) is 5.07. The van der Waals surface area contributed by atoms with Crippen molar-refractivity contribution in [1.82, 2.24) is 0 Å². The quantitative estimate of drug-likeness (QED) is 0.622. The van der Waals surface area contributed by atoms with E-state index in [1.807, 2.05) is 0 Å². The number of nitrogens with two attached hydrogens (primary N) is 1. The van der Waals surface area contributed by atoms with Gasteiger partial charge < -0.3 is 5.73 Å². The lowest BCUT2D eigenvalue weighted by atomic mass is 9.68. The highest BCUT2D eigenvalue weighted by Crippen LogP contribution is 2.40. The van der Waals surface area contributed by atoms with Crippen molar-refractivity contribution in [2.24, 2.45) is 17.1 Å². The maximum absolute atomic E-state index is 8.86. The summed E-state index contributed by atoms with van der Waals surface area (Å²) in [5.74, 6) is 0.734. The predicted octanol–water partition coefficient (Wildman–Crippen LogP) is 2.44. The minimum Gasteiger partial charge on any atom is -0.313 e. The van der Waals surface area contributed by atoms with E-state index < -0.39 is 5.54 Å². The van der Waals surface area contributed by atoms with Gasteiger partial charge in [-0.2, -0.15) is 5.26 Å². The van der Waals surface area contributed by atoms with Crippen LogP contribution in [-0.2, 0) is 0 Å². The number of hydrogen-bond donors (Lipinski definition) is 1. The lowest BCUT2D eigenvalue weighted by Gasteiger charge is -2.38. The van der Waals surface area contributed by atoms with Gasteiger partial charge in [-0.25, -0.2) is 0 Å². The molecule has 0 aromatic rings. The molecule has 0 aromatic carbocycles. The highest BCUT2D eigenvalue weighted by Gasteiger charge is 2.35. The summed E-state index contributed by atoms with van der Waals surface area (Å²) in [6.07, 6.45) is 3.94. The largest absolute Gasteiger partial charge is 0.313 e. The van der Waals surface area contributed by atoms with E-state index in [4.69, 9.17) is 11.0 Å². The van der Waals surface area contributed by atoms with Gasteiger partial charge in [-0.05, 0) is 37.0 Å². The van der Waals surface area contributed by atoms with Crippen LogP contribution in [0.25, 0.3) is 0 Å². The molecule has 2 heteroatoms. The zero-order valence-corrected chi connectivity index (χ0v) is 8.93. The van der Waals surface area contributed by atoms with Crippen molar-refractivity contribution in [2.75, 3.05) is 0 Å². The maximum atomic E-state index is 8.86. The highest BCUT2D eigenvalue weighted by molar-refractivity contribution is 5.07. The fourth-order valence-corrected chi connectivity index (χ4v) is 2.11. The highest BCUT2D eigenvalue weighted by atomic mass is 14.7. The Morgan fingerprint density at radius 3 is 2.08 bits per heavy atom. The predicted molar refractivity (Wildman–Crippen MR) is 53.9 cm³/mol. The molecule has 0 spiro atoms. The first kappa shape index (κ1) is 10.5. The lowest BCUT2D eigenvalue weighted by molar-refractivity contribution is 0.153. The Kier molecular flexibility index (Phi) is 2.68. The van der Waals surface area contributed by atoms with Crippen LogP contribution in [0.3, 0.4) is 0 Å². The average Bonchev–Trinajstić information content (AvgIpc) is 2.04. The molecule has 1 aliphatic rings. The normalized spacial score (nSPS) is 35.5. The molecular formula is C11H20N2. The fourth-order valence-electron chi connectivity index (χ4n) is 2.11. The average molecular weight is 180 g/mol. The lowest BCUT2D eigenvalue weighted by Crippen LogP contribution is -2.43. The fraction of sp³-hybridized carbons (Fsp3) is 0.909. The summed E-state index contributed by atoms with van der Waals surface area (Å²) in [4.78, 5) is 0. The van der Waals surface area contributed by atoms with Crippen LogP contribution in [0.4, 0.5) is 0 Å². The van der Waals surface area contributed by atoms with Crippen molar-refractivity contribution < 1.29 is 0 Å². The summed E-state index contributed by atoms with van der Waals surface area (Å²) in [6, 6.07) is 2.23. The Morgan fingerprint density at radius 2 is 1.77 bits per heavy atom. The van der Waals surface area contributed by atoms with Gasteiger partial charge in [0, 0.05) is 0 Å². The molecule has 0 heterocycles. The van der Waals surface area contributed by atoms with Crippen molar-refractivity contribution >= 4 is 0 Å². The number of nitriles is 1. The van der Waals surface area contributed by atoms with E-state index in [1.54, 1.807) is 0 Å². The molecule has 0 saturated heterocycles. The monoisotopic (exact) mass is 180 g/mol. The first-order chi connectivity index (χ1) is 5.87. The molecule has 0 radical (unpaired) electrons. The third kappa shape index (κ3) is 2.45. The van der Waals surface area contributed by atoms with E-state index >= 15 is 0 Å². The second-order valence-corrected chi connectivity index (χ2v) is 5.41. The molecule has 1 aliphatic carbocycles. The van der Waals surface area contributed by atoms with Crippen molar-refractivity contribution in [2.45, 2.75) is 52.0 Å². The molecule has 13 heavy (non-hydrogen) atoms. The van der Waals surface area contributed by atoms with Crippen LogP contribution < -0.4 is 5.73 Å². The maximum Gasteiger partial charge on any atom is 0.104 e. The molecule has 0 aliphatic heterocycles. The molecular weight excluding hydrogens is 160 g/mol. The number of nitrogens with zero attached hydrogens (tertiary/aromatic N) is 1. The van der Waals surface area contributed by atoms with Crippen LogP contribution in [0.1, 0.15) is 46.5 Å². The van der Waals surface area contributed by atoms with Gasteiger partial charge in [0.25, 0.3) is 0 Å². The van der Waals surface area contributed by atoms with Gasteiger partial charge >= 0.3 is 0 Å². The molecule has 0 bridgehead atoms. The molecule has 0 amide bonds. The van der Waals surface area contributed by atoms with Crippen molar-refractivity contribution in [1.29, 1.82) is 5.26 Å². The molecule has 2 nitrogen and oxygen atoms in total. The summed E-state index contributed by atoms with van der Waals surface area (Å²) in [6.45, 7) is 6.81. The van der Waals surface area contributed by atoms with E-state index in [0.29, 0.717) is 5.41 Å². The third-order valence-electron chi connectivity index (χ3n) is 3.33. The zero-order valence-electron chi connectivity index (χ0n) is 8.93. The van der Waals surface area contributed by atoms with Crippen LogP contribution in [0.2, 0.25) is 0 Å². The van der Waals surface area contributed by atoms with Crippen LogP contribution >= 0.6 is 0 Å². The Morgan fingerprint density at radius 1 is 1.31 bits per heavy atom. The molecule has 1 rings (SSSR count). The summed E-state index contributed by atoms with van der Waals surface area (Å²) in [7, 11) is 0. The minimum absolute atomic E-state index is 0.372. The van der Waals surface area contributed by atoms with E-state index in [0.717, 1.165) is 31.6 Å². The molecule has 2 N–H and O–H groups in total. The standard InChI is InChI=1S/C11H20N2/c1-10(2,3)9-4-6-11(13,8-12)7-5-9/h9H,4-7,13H2,1-3H3/t9-,11+. The Balaban J connectivity index is 2.54. The number of rotatable bonds is 0. The van der Waals surface area contributed by atoms with E-state index in [-0.39, 0.29) is 0 Å². The summed E-state index contributed by atoms with van der Waals surface area (Å²) in [5, 5.41) is 8.86. The van der Waals surface area contributed by atoms with E-state index in [9.17, 15) is 0 Å². The van der Waals surface area contributed by atoms with Crippen molar-refractivity contribution in [3.8, 4) is 6.07 Å². The Labute approximate surface area is 81.1 Å². The van der Waals surface area contributed by atoms with Crippen molar-refractivity contribution in [3.63, 3.8) is 0 Å². The molecule has 1 saturated carbocycles. The Hall–Kier alpha value is -0.550. The molecule has 0 unspecified atom stereocenters. The summed E-state index contributed by atoms with van der Waals surface area (Å²) in [5.41, 5.74) is 5.75. The molecule has 0 atom stereocenters. The zero-order chi connectivity index (χ0) is 10.1. The van der Waals surface area contributed by atoms with Crippen LogP contribution in [0.5, 0.6) is 0 Å². The van der Waals surface area contributed by atoms with E-state index in [1.165, 1.54) is 0 Å². The van der Waals surface area contributed by atoms with Gasteiger partial charge in [0.05, 0.1) is 6.07 Å². The van der Waals surface area contributed by atoms with Crippen LogP contribution in [0.15, 0.2) is 0 Å². The van der Waals surface area contributed by atoms with Gasteiger partial charge in [0.1, 0.15) is 5.54 Å². The second-order valence-electron chi connectivity index (χ2n) is 5.41. The second kappa shape index (κ2) is 3.31. The van der Waals surface area contributed by atoms with Gasteiger partial charge in [-0.1, -0.05) is 20.8 Å². The van der Waals surface area contributed by atoms with Crippen LogP contribution in [-0.4, -0.2) is 5.54 Å². The van der Waals surface area contributed by atoms with Gasteiger partial charge in [-0.3, -0.25) is 0 Å². The van der Waals surface area contributed by atoms with Crippen LogP contribution in [0, 0.1) is 22.7 Å². The first-order valence-corrected chi connectivity index (χ1v) is 5.07. The summed E-state index contributed by atoms with van der Waals surface area (Å²) >= 11 is 0. The third-order valence-corrected chi connectivity index (χ3v) is 3.33. The van der Waals surface area contributed by atoms with Gasteiger partial charge in [-0.15, -0.1) is 0 Å². The topological polar surface area (TPSA) is 49.8 Å². The number of hydrogen-bond acceptors (Lipinski definition) is 2.